The summed E-state index contributed by atoms with van der Waals surface area (Å²) in [5, 5.41) is 14.8. The lowest BCUT2D eigenvalue weighted by atomic mass is 10.1. The molecular weight excluding hydrogens is 538 g/mol. The van der Waals surface area contributed by atoms with E-state index in [-0.39, 0.29) is 23.8 Å². The van der Waals surface area contributed by atoms with E-state index in [1.54, 1.807) is 43.5 Å². The van der Waals surface area contributed by atoms with Gasteiger partial charge in [0.1, 0.15) is 36.4 Å². The van der Waals surface area contributed by atoms with Crippen LogP contribution in [0.4, 0.5) is 5.13 Å². The van der Waals surface area contributed by atoms with Crippen LogP contribution in [0.1, 0.15) is 5.56 Å². The molecule has 0 radical (unpaired) electrons. The van der Waals surface area contributed by atoms with Crippen molar-refractivity contribution in [2.45, 2.75) is 0 Å². The second-order valence-electron chi connectivity index (χ2n) is 7.93. The fourth-order valence-electron chi connectivity index (χ4n) is 3.49. The summed E-state index contributed by atoms with van der Waals surface area (Å²) in [6, 6.07) is 22.0. The van der Waals surface area contributed by atoms with Crippen molar-refractivity contribution >= 4 is 40.1 Å². The molecule has 1 amide bonds. The van der Waals surface area contributed by atoms with Gasteiger partial charge in [-0.25, -0.2) is 4.98 Å². The van der Waals surface area contributed by atoms with Crippen LogP contribution in [-0.2, 0) is 4.79 Å². The van der Waals surface area contributed by atoms with E-state index >= 15 is 0 Å². The number of hydrogen-bond donors (Lipinski definition) is 1. The zero-order valence-corrected chi connectivity index (χ0v) is 22.7. The molecule has 39 heavy (non-hydrogen) atoms. The van der Waals surface area contributed by atoms with Crippen LogP contribution in [0.5, 0.6) is 23.0 Å². The maximum Gasteiger partial charge on any atom is 0.268 e. The highest BCUT2D eigenvalue weighted by atomic mass is 35.5. The first-order chi connectivity index (χ1) is 19.0. The average Bonchev–Trinajstić information content (AvgIpc) is 3.43. The van der Waals surface area contributed by atoms with E-state index in [9.17, 15) is 10.1 Å². The molecule has 10 heteroatoms. The Morgan fingerprint density at radius 1 is 1.03 bits per heavy atom. The van der Waals surface area contributed by atoms with Crippen molar-refractivity contribution in [3.63, 3.8) is 0 Å². The Balaban J connectivity index is 1.40. The van der Waals surface area contributed by atoms with E-state index in [2.05, 4.69) is 10.3 Å². The molecule has 0 saturated carbocycles. The van der Waals surface area contributed by atoms with Crippen molar-refractivity contribution in [1.29, 1.82) is 5.26 Å². The summed E-state index contributed by atoms with van der Waals surface area (Å²) in [5.74, 6) is 1.51. The van der Waals surface area contributed by atoms with Gasteiger partial charge in [0.15, 0.2) is 16.6 Å². The highest BCUT2D eigenvalue weighted by Gasteiger charge is 2.16. The maximum atomic E-state index is 12.8. The van der Waals surface area contributed by atoms with Gasteiger partial charge < -0.3 is 18.9 Å². The SMILES string of the molecule is COc1ccc(OCCOc2c(Cl)cc(/C=C(/C#N)C(=O)Nc3nc(-c4ccccc4)cs3)cc2OC)cc1. The van der Waals surface area contributed by atoms with Gasteiger partial charge in [0.25, 0.3) is 5.91 Å². The first-order valence-electron chi connectivity index (χ1n) is 11.7. The predicted molar refractivity (Wildman–Crippen MR) is 152 cm³/mol. The Morgan fingerprint density at radius 2 is 1.74 bits per heavy atom. The van der Waals surface area contributed by atoms with Crippen LogP contribution in [0.2, 0.25) is 5.02 Å². The van der Waals surface area contributed by atoms with Gasteiger partial charge in [0, 0.05) is 10.9 Å². The molecule has 1 heterocycles. The zero-order chi connectivity index (χ0) is 27.6. The van der Waals surface area contributed by atoms with Gasteiger partial charge >= 0.3 is 0 Å². The maximum absolute atomic E-state index is 12.8. The second-order valence-corrected chi connectivity index (χ2v) is 9.20. The van der Waals surface area contributed by atoms with Gasteiger partial charge in [-0.05, 0) is 48.0 Å². The molecule has 3 aromatic carbocycles. The average molecular weight is 562 g/mol. The monoisotopic (exact) mass is 561 g/mol. The van der Waals surface area contributed by atoms with Crippen LogP contribution >= 0.6 is 22.9 Å². The minimum absolute atomic E-state index is 0.119. The first-order valence-corrected chi connectivity index (χ1v) is 13.0. The van der Waals surface area contributed by atoms with Crippen LogP contribution in [0.3, 0.4) is 0 Å². The number of amides is 1. The van der Waals surface area contributed by atoms with Gasteiger partial charge in [0.05, 0.1) is 24.9 Å². The highest BCUT2D eigenvalue weighted by Crippen LogP contribution is 2.37. The molecule has 0 aliphatic rings. The van der Waals surface area contributed by atoms with E-state index in [1.165, 1.54) is 24.5 Å². The normalized spacial score (nSPS) is 10.9. The van der Waals surface area contributed by atoms with Crippen molar-refractivity contribution in [3.05, 3.63) is 88.3 Å². The number of anilines is 1. The molecule has 0 fully saturated rings. The molecule has 1 aromatic heterocycles. The number of ether oxygens (including phenoxy) is 4. The van der Waals surface area contributed by atoms with Crippen LogP contribution in [0, 0.1) is 11.3 Å². The zero-order valence-electron chi connectivity index (χ0n) is 21.1. The Labute approximate surface area is 235 Å². The number of carbonyl (C=O) groups is 1. The topological polar surface area (TPSA) is 103 Å². The molecule has 8 nitrogen and oxygen atoms in total. The van der Waals surface area contributed by atoms with Crippen molar-refractivity contribution in [2.75, 3.05) is 32.8 Å². The van der Waals surface area contributed by atoms with E-state index < -0.39 is 5.91 Å². The summed E-state index contributed by atoms with van der Waals surface area (Å²) in [6.45, 7) is 0.483. The molecule has 0 saturated heterocycles. The predicted octanol–water partition coefficient (Wildman–Crippen LogP) is 6.48. The van der Waals surface area contributed by atoms with Crippen molar-refractivity contribution in [1.82, 2.24) is 4.98 Å². The summed E-state index contributed by atoms with van der Waals surface area (Å²) in [6.07, 6.45) is 1.42. The Kier molecular flexibility index (Phi) is 9.40. The van der Waals surface area contributed by atoms with Crippen LogP contribution in [0.15, 0.2) is 77.7 Å². The number of nitriles is 1. The minimum Gasteiger partial charge on any atom is -0.497 e. The molecule has 198 valence electrons. The number of methoxy groups -OCH3 is 2. The number of nitrogens with zero attached hydrogens (tertiary/aromatic N) is 2. The number of rotatable bonds is 11. The molecule has 0 aliphatic carbocycles. The van der Waals surface area contributed by atoms with E-state index in [0.717, 1.165) is 17.0 Å². The summed E-state index contributed by atoms with van der Waals surface area (Å²) in [7, 11) is 3.08. The first kappa shape index (κ1) is 27.5. The number of thiazole rings is 1. The van der Waals surface area contributed by atoms with Crippen molar-refractivity contribution < 1.29 is 23.7 Å². The van der Waals surface area contributed by atoms with Crippen molar-refractivity contribution in [2.24, 2.45) is 0 Å². The molecule has 0 aliphatic heterocycles. The third-order valence-electron chi connectivity index (χ3n) is 5.38. The van der Waals surface area contributed by atoms with Crippen molar-refractivity contribution in [3.8, 4) is 40.3 Å². The second kappa shape index (κ2) is 13.3. The molecule has 0 atom stereocenters. The molecule has 4 rings (SSSR count). The van der Waals surface area contributed by atoms with Gasteiger partial charge in [-0.15, -0.1) is 11.3 Å². The van der Waals surface area contributed by atoms with Gasteiger partial charge in [0.2, 0.25) is 0 Å². The number of nitrogens with one attached hydrogen (secondary N) is 1. The van der Waals surface area contributed by atoms with Crippen LogP contribution in [0.25, 0.3) is 17.3 Å². The summed E-state index contributed by atoms with van der Waals surface area (Å²) in [5.41, 5.74) is 2.04. The lowest BCUT2D eigenvalue weighted by Crippen LogP contribution is -2.13. The summed E-state index contributed by atoms with van der Waals surface area (Å²) >= 11 is 7.73. The lowest BCUT2D eigenvalue weighted by molar-refractivity contribution is -0.112. The molecule has 0 spiro atoms. The van der Waals surface area contributed by atoms with Gasteiger partial charge in [-0.1, -0.05) is 41.9 Å². The standard InChI is InChI=1S/C29H24ClN3O5S/c1-35-22-8-10-23(11-9-22)37-12-13-38-27-24(30)15-19(16-26(27)36-2)14-21(17-31)28(34)33-29-32-25(18-39-29)20-6-4-3-5-7-20/h3-11,14-16,18H,12-13H2,1-2H3,(H,32,33,34)/b21-14-. The Hall–Kier alpha value is -4.52. The number of carbonyl (C=O) groups excluding carboxylic acids is 1. The lowest BCUT2D eigenvalue weighted by Gasteiger charge is -2.14. The summed E-state index contributed by atoms with van der Waals surface area (Å²) in [4.78, 5) is 17.2. The molecular formula is C29H24ClN3O5S. The van der Waals surface area contributed by atoms with E-state index in [0.29, 0.717) is 27.9 Å². The number of benzene rings is 3. The Bertz CT molecular complexity index is 1500. The third kappa shape index (κ3) is 7.29. The Morgan fingerprint density at radius 3 is 2.44 bits per heavy atom. The molecule has 0 unspecified atom stereocenters. The fourth-order valence-corrected chi connectivity index (χ4v) is 4.48. The van der Waals surface area contributed by atoms with Gasteiger partial charge in [-0.3, -0.25) is 10.1 Å². The smallest absolute Gasteiger partial charge is 0.268 e. The molecule has 4 aromatic rings. The van der Waals surface area contributed by atoms with Crippen LogP contribution in [-0.4, -0.2) is 38.3 Å². The molecule has 0 bridgehead atoms. The van der Waals surface area contributed by atoms with E-state index in [4.69, 9.17) is 30.5 Å². The minimum atomic E-state index is -0.586. The van der Waals surface area contributed by atoms with E-state index in [1.807, 2.05) is 41.8 Å². The quantitative estimate of drug-likeness (QED) is 0.127. The molecule has 1 N–H and O–H groups in total. The number of hydrogen-bond acceptors (Lipinski definition) is 8. The van der Waals surface area contributed by atoms with Gasteiger partial charge in [-0.2, -0.15) is 5.26 Å². The third-order valence-corrected chi connectivity index (χ3v) is 6.42. The summed E-state index contributed by atoms with van der Waals surface area (Å²) < 4.78 is 22.0. The largest absolute Gasteiger partial charge is 0.497 e. The highest BCUT2D eigenvalue weighted by molar-refractivity contribution is 7.14. The number of halogens is 1. The van der Waals surface area contributed by atoms with Crippen LogP contribution < -0.4 is 24.3 Å². The number of aromatic nitrogens is 1. The fraction of sp³-hybridized carbons (Fsp3) is 0.138.